The highest BCUT2D eigenvalue weighted by Crippen LogP contribution is 2.39. The summed E-state index contributed by atoms with van der Waals surface area (Å²) in [5.74, 6) is -0.862. The molecule has 1 heterocycles. The van der Waals surface area contributed by atoms with Crippen molar-refractivity contribution in [2.24, 2.45) is 5.73 Å². The third-order valence-corrected chi connectivity index (χ3v) is 3.88. The van der Waals surface area contributed by atoms with Gasteiger partial charge in [-0.15, -0.1) is 0 Å². The van der Waals surface area contributed by atoms with Crippen LogP contribution in [0, 0.1) is 0 Å². The van der Waals surface area contributed by atoms with Gasteiger partial charge in [-0.05, 0) is 32.3 Å². The lowest BCUT2D eigenvalue weighted by Gasteiger charge is -2.27. The predicted octanol–water partition coefficient (Wildman–Crippen LogP) is 1.51. The molecule has 3 atom stereocenters. The van der Waals surface area contributed by atoms with Gasteiger partial charge in [0.15, 0.2) is 5.79 Å². The van der Waals surface area contributed by atoms with Crippen LogP contribution in [-0.2, 0) is 19.0 Å². The molecule has 1 saturated heterocycles. The molecule has 2 rings (SSSR count). The van der Waals surface area contributed by atoms with Gasteiger partial charge in [0.2, 0.25) is 0 Å². The topological polar surface area (TPSA) is 70.8 Å². The van der Waals surface area contributed by atoms with E-state index in [1.165, 1.54) is 0 Å². The first-order valence-electron chi connectivity index (χ1n) is 7.04. The number of esters is 1. The first kappa shape index (κ1) is 14.5. The van der Waals surface area contributed by atoms with E-state index < -0.39 is 5.79 Å². The molecule has 2 N–H and O–H groups in total. The van der Waals surface area contributed by atoms with E-state index in [9.17, 15) is 4.79 Å². The molecule has 1 fully saturated rings. The van der Waals surface area contributed by atoms with Gasteiger partial charge >= 0.3 is 5.97 Å². The van der Waals surface area contributed by atoms with Crippen molar-refractivity contribution < 1.29 is 19.0 Å². The monoisotopic (exact) mass is 269 g/mol. The number of hydrogen-bond acceptors (Lipinski definition) is 5. The molecule has 19 heavy (non-hydrogen) atoms. The van der Waals surface area contributed by atoms with Gasteiger partial charge < -0.3 is 19.9 Å². The number of carbonyl (C=O) groups is 1. The van der Waals surface area contributed by atoms with Crippen molar-refractivity contribution in [3.8, 4) is 0 Å². The molecule has 0 unspecified atom stereocenters. The van der Waals surface area contributed by atoms with Gasteiger partial charge in [-0.1, -0.05) is 13.8 Å². The van der Waals surface area contributed by atoms with Gasteiger partial charge in [-0.25, -0.2) is 4.79 Å². The third kappa shape index (κ3) is 2.68. The predicted molar refractivity (Wildman–Crippen MR) is 70.4 cm³/mol. The molecule has 0 aromatic rings. The molecule has 0 saturated carbocycles. The zero-order chi connectivity index (χ0) is 14.0. The first-order valence-corrected chi connectivity index (χ1v) is 7.04. The molecule has 1 aliphatic carbocycles. The van der Waals surface area contributed by atoms with E-state index in [-0.39, 0.29) is 24.2 Å². The molecular weight excluding hydrogens is 246 g/mol. The number of carbonyl (C=O) groups excluding carboxylic acids is 1. The van der Waals surface area contributed by atoms with E-state index in [0.29, 0.717) is 18.6 Å². The maximum atomic E-state index is 11.8. The molecule has 0 aromatic heterocycles. The molecule has 0 radical (unpaired) electrons. The number of hydrogen-bond donors (Lipinski definition) is 1. The van der Waals surface area contributed by atoms with Crippen molar-refractivity contribution in [1.29, 1.82) is 0 Å². The molecular formula is C14H23NO4. The molecule has 0 aromatic carbocycles. The summed E-state index contributed by atoms with van der Waals surface area (Å²) in [6.07, 6.45) is 3.42. The van der Waals surface area contributed by atoms with Crippen molar-refractivity contribution >= 4 is 5.97 Å². The van der Waals surface area contributed by atoms with Gasteiger partial charge in [0.25, 0.3) is 0 Å². The Balaban J connectivity index is 2.17. The number of fused-ring (bicyclic) bond motifs is 1. The fraction of sp³-hybridized carbons (Fsp3) is 0.786. The van der Waals surface area contributed by atoms with Crippen molar-refractivity contribution in [2.45, 2.75) is 64.1 Å². The normalized spacial score (nSPS) is 32.6. The lowest BCUT2D eigenvalue weighted by Crippen LogP contribution is -2.45. The van der Waals surface area contributed by atoms with Crippen LogP contribution in [-0.4, -0.2) is 36.6 Å². The van der Waals surface area contributed by atoms with Gasteiger partial charge in [0.1, 0.15) is 12.2 Å². The van der Waals surface area contributed by atoms with Crippen LogP contribution in [0.25, 0.3) is 0 Å². The van der Waals surface area contributed by atoms with Crippen LogP contribution in [0.2, 0.25) is 0 Å². The van der Waals surface area contributed by atoms with E-state index in [1.807, 2.05) is 19.9 Å². The minimum absolute atomic E-state index is 0.168. The zero-order valence-electron chi connectivity index (χ0n) is 11.8. The van der Waals surface area contributed by atoms with Crippen LogP contribution < -0.4 is 5.73 Å². The lowest BCUT2D eigenvalue weighted by atomic mass is 9.91. The Bertz CT molecular complexity index is 376. The van der Waals surface area contributed by atoms with Crippen LogP contribution in [0.3, 0.4) is 0 Å². The van der Waals surface area contributed by atoms with Crippen molar-refractivity contribution in [3.05, 3.63) is 11.6 Å². The Morgan fingerprint density at radius 2 is 2.11 bits per heavy atom. The Morgan fingerprint density at radius 3 is 2.68 bits per heavy atom. The highest BCUT2D eigenvalue weighted by Gasteiger charge is 2.49. The number of rotatable bonds is 4. The summed E-state index contributed by atoms with van der Waals surface area (Å²) in [4.78, 5) is 11.8. The van der Waals surface area contributed by atoms with Crippen molar-refractivity contribution in [3.63, 3.8) is 0 Å². The Kier molecular flexibility index (Phi) is 4.28. The van der Waals surface area contributed by atoms with Gasteiger partial charge in [-0.2, -0.15) is 0 Å². The van der Waals surface area contributed by atoms with Crippen LogP contribution in [0.5, 0.6) is 0 Å². The minimum atomic E-state index is -0.562. The van der Waals surface area contributed by atoms with Gasteiger partial charge in [0, 0.05) is 11.6 Å². The highest BCUT2D eigenvalue weighted by atomic mass is 16.8. The average Bonchev–Trinajstić information content (AvgIpc) is 2.79. The van der Waals surface area contributed by atoms with E-state index >= 15 is 0 Å². The summed E-state index contributed by atoms with van der Waals surface area (Å²) >= 11 is 0. The summed E-state index contributed by atoms with van der Waals surface area (Å²) in [6, 6.07) is -0.227. The smallest absolute Gasteiger partial charge is 0.333 e. The molecule has 2 aliphatic rings. The lowest BCUT2D eigenvalue weighted by molar-refractivity contribution is -0.177. The molecule has 108 valence electrons. The third-order valence-electron chi connectivity index (χ3n) is 3.88. The average molecular weight is 269 g/mol. The molecule has 5 nitrogen and oxygen atoms in total. The number of nitrogens with two attached hydrogens (primary N) is 1. The summed E-state index contributed by atoms with van der Waals surface area (Å²) in [5, 5.41) is 0. The molecule has 1 aliphatic heterocycles. The molecule has 5 heteroatoms. The fourth-order valence-corrected chi connectivity index (χ4v) is 2.71. The Morgan fingerprint density at radius 1 is 1.42 bits per heavy atom. The van der Waals surface area contributed by atoms with Crippen molar-refractivity contribution in [1.82, 2.24) is 0 Å². The SMILES string of the molecule is CCOC(=O)C1=C[C@H]2OC(CC)(CC)O[C@H]2[C@@H](N)C1. The van der Waals surface area contributed by atoms with Crippen molar-refractivity contribution in [2.75, 3.05) is 6.61 Å². The second-order valence-corrected chi connectivity index (χ2v) is 5.06. The summed E-state index contributed by atoms with van der Waals surface area (Å²) in [6.45, 7) is 6.22. The van der Waals surface area contributed by atoms with Crippen LogP contribution >= 0.6 is 0 Å². The van der Waals surface area contributed by atoms with Crippen LogP contribution in [0.1, 0.15) is 40.0 Å². The summed E-state index contributed by atoms with van der Waals surface area (Å²) in [7, 11) is 0. The molecule has 0 bridgehead atoms. The molecule has 0 spiro atoms. The first-order chi connectivity index (χ1) is 9.05. The van der Waals surface area contributed by atoms with E-state index in [0.717, 1.165) is 12.8 Å². The number of ether oxygens (including phenoxy) is 3. The Labute approximate surface area is 114 Å². The Hall–Kier alpha value is -0.910. The highest BCUT2D eigenvalue weighted by molar-refractivity contribution is 5.89. The second-order valence-electron chi connectivity index (χ2n) is 5.06. The quantitative estimate of drug-likeness (QED) is 0.783. The second kappa shape index (κ2) is 5.61. The summed E-state index contributed by atoms with van der Waals surface area (Å²) < 4.78 is 17.0. The van der Waals surface area contributed by atoms with Crippen LogP contribution in [0.4, 0.5) is 0 Å². The zero-order valence-corrected chi connectivity index (χ0v) is 11.8. The maximum Gasteiger partial charge on any atom is 0.333 e. The van der Waals surface area contributed by atoms with Crippen LogP contribution in [0.15, 0.2) is 11.6 Å². The van der Waals surface area contributed by atoms with E-state index in [2.05, 4.69) is 0 Å². The maximum absolute atomic E-state index is 11.8. The van der Waals surface area contributed by atoms with Gasteiger partial charge in [0.05, 0.1) is 6.61 Å². The van der Waals surface area contributed by atoms with E-state index in [4.69, 9.17) is 19.9 Å². The fourth-order valence-electron chi connectivity index (χ4n) is 2.71. The minimum Gasteiger partial charge on any atom is -0.463 e. The van der Waals surface area contributed by atoms with E-state index in [1.54, 1.807) is 6.92 Å². The molecule has 0 amide bonds. The largest absolute Gasteiger partial charge is 0.463 e. The standard InChI is InChI=1S/C14H23NO4/c1-4-14(5-2)18-11-8-9(13(16)17-6-3)7-10(15)12(11)19-14/h8,10-12H,4-7,15H2,1-3H3/t10-,11+,12-/m0/s1. The summed E-state index contributed by atoms with van der Waals surface area (Å²) in [5.41, 5.74) is 6.72. The van der Waals surface area contributed by atoms with Gasteiger partial charge in [-0.3, -0.25) is 0 Å².